The molecule has 0 radical (unpaired) electrons. The van der Waals surface area contributed by atoms with Crippen LogP contribution in [-0.4, -0.2) is 51.9 Å². The number of carbonyl (C=O) groups excluding carboxylic acids is 2. The van der Waals surface area contributed by atoms with Gasteiger partial charge in [0.25, 0.3) is 5.91 Å². The topological polar surface area (TPSA) is 99.6 Å². The first-order chi connectivity index (χ1) is 11.4. The van der Waals surface area contributed by atoms with E-state index in [1.54, 1.807) is 0 Å². The first-order valence-electron chi connectivity index (χ1n) is 8.14. The van der Waals surface area contributed by atoms with E-state index < -0.39 is 5.97 Å². The van der Waals surface area contributed by atoms with Crippen LogP contribution in [0.4, 0.5) is 0 Å². The highest BCUT2D eigenvalue weighted by atomic mass is 16.4. The third-order valence-electron chi connectivity index (χ3n) is 4.01. The molecule has 1 aromatic heterocycles. The zero-order chi connectivity index (χ0) is 17.7. The first kappa shape index (κ1) is 17.9. The first-order valence-corrected chi connectivity index (χ1v) is 8.14. The van der Waals surface area contributed by atoms with Crippen LogP contribution in [0.25, 0.3) is 0 Å². The number of carboxylic acids is 1. The Hall–Kier alpha value is -2.44. The lowest BCUT2D eigenvalue weighted by molar-refractivity contribution is -0.133. The summed E-state index contributed by atoms with van der Waals surface area (Å²) in [5, 5.41) is 11.7. The third-order valence-corrected chi connectivity index (χ3v) is 4.01. The van der Waals surface area contributed by atoms with Crippen LogP contribution in [0.1, 0.15) is 54.0 Å². The van der Waals surface area contributed by atoms with E-state index in [1.807, 2.05) is 18.7 Å². The molecule has 2 heterocycles. The molecular weight excluding hydrogens is 310 g/mol. The van der Waals surface area contributed by atoms with Gasteiger partial charge < -0.3 is 15.3 Å². The molecule has 1 aliphatic heterocycles. The summed E-state index contributed by atoms with van der Waals surface area (Å²) in [7, 11) is 0. The molecular formula is C17H23N3O4. The molecule has 0 aliphatic carbocycles. The number of likely N-dealkylation sites (tertiary alicyclic amines) is 1. The predicted octanol–water partition coefficient (Wildman–Crippen LogP) is 1.55. The molecule has 130 valence electrons. The van der Waals surface area contributed by atoms with Crippen molar-refractivity contribution in [1.29, 1.82) is 0 Å². The zero-order valence-corrected chi connectivity index (χ0v) is 14.0. The maximum Gasteiger partial charge on any atom is 0.354 e. The summed E-state index contributed by atoms with van der Waals surface area (Å²) in [4.78, 5) is 40.6. The second-order valence-electron chi connectivity index (χ2n) is 6.46. The molecule has 1 aromatic rings. The highest BCUT2D eigenvalue weighted by molar-refractivity contribution is 5.95. The lowest BCUT2D eigenvalue weighted by atomic mass is 10.0. The fourth-order valence-electron chi connectivity index (χ4n) is 2.67. The van der Waals surface area contributed by atoms with Crippen molar-refractivity contribution in [2.24, 2.45) is 5.92 Å². The van der Waals surface area contributed by atoms with Crippen LogP contribution in [0.3, 0.4) is 0 Å². The van der Waals surface area contributed by atoms with Crippen LogP contribution in [-0.2, 0) is 4.79 Å². The van der Waals surface area contributed by atoms with Crippen LogP contribution in [0.2, 0.25) is 0 Å². The third kappa shape index (κ3) is 4.78. The van der Waals surface area contributed by atoms with Gasteiger partial charge in [-0.2, -0.15) is 0 Å². The van der Waals surface area contributed by atoms with Gasteiger partial charge in [0, 0.05) is 31.7 Å². The minimum atomic E-state index is -1.12. The number of hydrogen-bond acceptors (Lipinski definition) is 4. The summed E-state index contributed by atoms with van der Waals surface area (Å²) in [6.07, 6.45) is 3.26. The average Bonchev–Trinajstić information content (AvgIpc) is 2.55. The Morgan fingerprint density at radius 2 is 1.96 bits per heavy atom. The Labute approximate surface area is 141 Å². The number of carbonyl (C=O) groups is 3. The Bertz CT molecular complexity index is 605. The Morgan fingerprint density at radius 1 is 1.29 bits per heavy atom. The molecule has 1 fully saturated rings. The second-order valence-corrected chi connectivity index (χ2v) is 6.46. The smallest absolute Gasteiger partial charge is 0.354 e. The highest BCUT2D eigenvalue weighted by Gasteiger charge is 2.24. The van der Waals surface area contributed by atoms with Gasteiger partial charge in [0.15, 0.2) is 0 Å². The molecule has 2 rings (SSSR count). The summed E-state index contributed by atoms with van der Waals surface area (Å²) in [6, 6.07) is 2.78. The molecule has 0 atom stereocenters. The molecule has 0 unspecified atom stereocenters. The monoisotopic (exact) mass is 333 g/mol. The number of pyridine rings is 1. The molecule has 1 aliphatic rings. The van der Waals surface area contributed by atoms with Gasteiger partial charge in [-0.25, -0.2) is 9.78 Å². The van der Waals surface area contributed by atoms with E-state index in [1.165, 1.54) is 18.3 Å². The van der Waals surface area contributed by atoms with E-state index in [0.29, 0.717) is 31.0 Å². The maximum atomic E-state index is 12.2. The Morgan fingerprint density at radius 3 is 2.46 bits per heavy atom. The number of carboxylic acid groups (broad SMARTS) is 1. The van der Waals surface area contributed by atoms with Crippen molar-refractivity contribution in [1.82, 2.24) is 15.2 Å². The molecule has 1 saturated heterocycles. The zero-order valence-electron chi connectivity index (χ0n) is 14.0. The van der Waals surface area contributed by atoms with E-state index in [0.717, 1.165) is 12.8 Å². The van der Waals surface area contributed by atoms with E-state index >= 15 is 0 Å². The van der Waals surface area contributed by atoms with E-state index in [9.17, 15) is 14.4 Å². The van der Waals surface area contributed by atoms with Crippen LogP contribution < -0.4 is 5.32 Å². The van der Waals surface area contributed by atoms with Gasteiger partial charge in [0.1, 0.15) is 5.69 Å². The maximum absolute atomic E-state index is 12.2. The molecule has 0 bridgehead atoms. The van der Waals surface area contributed by atoms with Gasteiger partial charge >= 0.3 is 5.97 Å². The molecule has 0 spiro atoms. The highest BCUT2D eigenvalue weighted by Crippen LogP contribution is 2.14. The fraction of sp³-hybridized carbons (Fsp3) is 0.529. The minimum Gasteiger partial charge on any atom is -0.477 e. The van der Waals surface area contributed by atoms with Crippen LogP contribution >= 0.6 is 0 Å². The van der Waals surface area contributed by atoms with Crippen molar-refractivity contribution in [2.75, 3.05) is 13.1 Å². The largest absolute Gasteiger partial charge is 0.477 e. The van der Waals surface area contributed by atoms with E-state index in [4.69, 9.17) is 5.11 Å². The molecule has 0 saturated carbocycles. The summed E-state index contributed by atoms with van der Waals surface area (Å²) in [6.45, 7) is 5.34. The number of rotatable bonds is 5. The Kier molecular flexibility index (Phi) is 5.89. The van der Waals surface area contributed by atoms with Gasteiger partial charge in [-0.1, -0.05) is 13.8 Å². The summed E-state index contributed by atoms with van der Waals surface area (Å²) >= 11 is 0. The van der Waals surface area contributed by atoms with Gasteiger partial charge in [-0.15, -0.1) is 0 Å². The van der Waals surface area contributed by atoms with Gasteiger partial charge in [0.05, 0.1) is 5.56 Å². The van der Waals surface area contributed by atoms with E-state index in [-0.39, 0.29) is 23.6 Å². The molecule has 0 aromatic carbocycles. The van der Waals surface area contributed by atoms with E-state index in [2.05, 4.69) is 10.3 Å². The van der Waals surface area contributed by atoms with Crippen molar-refractivity contribution in [3.63, 3.8) is 0 Å². The summed E-state index contributed by atoms with van der Waals surface area (Å²) < 4.78 is 0. The molecule has 2 N–H and O–H groups in total. The normalized spacial score (nSPS) is 15.4. The second kappa shape index (κ2) is 7.90. The lowest BCUT2D eigenvalue weighted by Crippen LogP contribution is -2.46. The summed E-state index contributed by atoms with van der Waals surface area (Å²) in [5.41, 5.74) is 0.238. The predicted molar refractivity (Wildman–Crippen MR) is 87.7 cm³/mol. The van der Waals surface area contributed by atoms with Crippen molar-refractivity contribution in [3.05, 3.63) is 29.6 Å². The standard InChI is InChI=1S/C17H23N3O4/c1-11(2)9-15(21)20-7-5-13(6-8-20)19-16(22)12-3-4-14(17(23)24)18-10-12/h3-4,10-11,13H,5-9H2,1-2H3,(H,19,22)(H,23,24). The van der Waals surface area contributed by atoms with Crippen LogP contribution in [0.5, 0.6) is 0 Å². The number of aromatic nitrogens is 1. The van der Waals surface area contributed by atoms with Crippen molar-refractivity contribution in [3.8, 4) is 0 Å². The number of amides is 2. The van der Waals surface area contributed by atoms with Crippen molar-refractivity contribution >= 4 is 17.8 Å². The number of nitrogens with zero attached hydrogens (tertiary/aromatic N) is 2. The minimum absolute atomic E-state index is 0.0137. The average molecular weight is 333 g/mol. The van der Waals surface area contributed by atoms with Gasteiger partial charge in [0.2, 0.25) is 5.91 Å². The van der Waals surface area contributed by atoms with Gasteiger partial charge in [-0.05, 0) is 30.9 Å². The molecule has 7 nitrogen and oxygen atoms in total. The molecule has 24 heavy (non-hydrogen) atoms. The Balaban J connectivity index is 1.84. The summed E-state index contributed by atoms with van der Waals surface area (Å²) in [5.74, 6) is -0.883. The number of nitrogens with one attached hydrogen (secondary N) is 1. The lowest BCUT2D eigenvalue weighted by Gasteiger charge is -2.32. The SMILES string of the molecule is CC(C)CC(=O)N1CCC(NC(=O)c2ccc(C(=O)O)nc2)CC1. The van der Waals surface area contributed by atoms with Crippen molar-refractivity contribution < 1.29 is 19.5 Å². The number of aromatic carboxylic acids is 1. The van der Waals surface area contributed by atoms with Gasteiger partial charge in [-0.3, -0.25) is 9.59 Å². The molecule has 7 heteroatoms. The number of hydrogen-bond donors (Lipinski definition) is 2. The molecule has 2 amide bonds. The fourth-order valence-corrected chi connectivity index (χ4v) is 2.67. The van der Waals surface area contributed by atoms with Crippen molar-refractivity contribution in [2.45, 2.75) is 39.2 Å². The number of piperidine rings is 1. The van der Waals surface area contributed by atoms with Crippen LogP contribution in [0.15, 0.2) is 18.3 Å². The van der Waals surface area contributed by atoms with Crippen LogP contribution in [0, 0.1) is 5.92 Å². The quantitative estimate of drug-likeness (QED) is 0.851.